The van der Waals surface area contributed by atoms with Gasteiger partial charge < -0.3 is 23.9 Å². The number of aliphatic hydroxyl groups is 1. The minimum Gasteiger partial charge on any atom is -0.497 e. The summed E-state index contributed by atoms with van der Waals surface area (Å²) in [6, 6.07) is 24.4. The summed E-state index contributed by atoms with van der Waals surface area (Å²) in [7, 11) is -0.339. The summed E-state index contributed by atoms with van der Waals surface area (Å²) >= 11 is 0. The SMILES string of the molecule is COc1ccc(C(OCP(=O)(CO)NCCn2cc(C)c(=O)[nH]c2=O)(c2ccccc2)c2ccc(OC)cc2)cc1. The predicted octanol–water partition coefficient (Wildman–Crippen LogP) is 3.65. The van der Waals surface area contributed by atoms with Crippen LogP contribution in [0, 0.1) is 6.92 Å². The number of nitrogens with zero attached hydrogens (tertiary/aromatic N) is 1. The molecule has 3 N–H and O–H groups in total. The van der Waals surface area contributed by atoms with Crippen LogP contribution in [0.5, 0.6) is 11.5 Å². The molecule has 0 fully saturated rings. The summed E-state index contributed by atoms with van der Waals surface area (Å²) in [5.41, 5.74) is 0.450. The van der Waals surface area contributed by atoms with Gasteiger partial charge in [-0.25, -0.2) is 4.79 Å². The Balaban J connectivity index is 1.70. The molecule has 10 nitrogen and oxygen atoms in total. The molecule has 4 aromatic rings. The lowest BCUT2D eigenvalue weighted by molar-refractivity contribution is 0.0407. The summed E-state index contributed by atoms with van der Waals surface area (Å²) in [4.78, 5) is 26.1. The standard InChI is InChI=1S/C30H34N3O7P/c1-22-19-33(29(36)32-28(22)35)18-17-31-41(37,20-34)21-40-30(23-7-5-4-6-8-23,24-9-13-26(38-2)14-10-24)25-11-15-27(39-3)16-12-25/h4-16,19,34H,17-18,20-21H2,1-3H3,(H,31,37)(H,32,35,36). The number of rotatable bonds is 13. The van der Waals surface area contributed by atoms with Crippen LogP contribution in [0.25, 0.3) is 0 Å². The monoisotopic (exact) mass is 579 g/mol. The van der Waals surface area contributed by atoms with Gasteiger partial charge in [-0.05, 0) is 47.9 Å². The molecule has 0 radical (unpaired) electrons. The number of aromatic nitrogens is 2. The van der Waals surface area contributed by atoms with Crippen molar-refractivity contribution in [2.24, 2.45) is 0 Å². The fourth-order valence-corrected chi connectivity index (χ4v) is 5.75. The number of aryl methyl sites for hydroxylation is 1. The van der Waals surface area contributed by atoms with Crippen LogP contribution < -0.4 is 25.8 Å². The summed E-state index contributed by atoms with van der Waals surface area (Å²) in [5.74, 6) is 1.33. The molecule has 4 rings (SSSR count). The lowest BCUT2D eigenvalue weighted by atomic mass is 9.80. The Kier molecular flexibility index (Phi) is 9.62. The molecule has 41 heavy (non-hydrogen) atoms. The Labute approximate surface area is 238 Å². The number of nitrogens with one attached hydrogen (secondary N) is 2. The first-order chi connectivity index (χ1) is 19.7. The normalized spacial score (nSPS) is 13.0. The molecule has 1 atom stereocenters. The first-order valence-corrected chi connectivity index (χ1v) is 15.1. The van der Waals surface area contributed by atoms with Gasteiger partial charge in [0.2, 0.25) is 0 Å². The van der Waals surface area contributed by atoms with Crippen molar-refractivity contribution < 1.29 is 23.9 Å². The predicted molar refractivity (Wildman–Crippen MR) is 157 cm³/mol. The fraction of sp³-hybridized carbons (Fsp3) is 0.267. The molecule has 0 amide bonds. The molecule has 216 valence electrons. The summed E-state index contributed by atoms with van der Waals surface area (Å²) in [5, 5.41) is 13.1. The third-order valence-electron chi connectivity index (χ3n) is 6.83. The number of hydrogen-bond donors (Lipinski definition) is 3. The summed E-state index contributed by atoms with van der Waals surface area (Å²) in [6.07, 6.45) is 0.454. The van der Waals surface area contributed by atoms with Gasteiger partial charge in [-0.1, -0.05) is 54.6 Å². The van der Waals surface area contributed by atoms with Gasteiger partial charge in [-0.3, -0.25) is 19.4 Å². The van der Waals surface area contributed by atoms with Gasteiger partial charge in [-0.2, -0.15) is 0 Å². The van der Waals surface area contributed by atoms with Crippen molar-refractivity contribution in [2.75, 3.05) is 33.5 Å². The number of benzene rings is 3. The first kappa shape index (κ1) is 30.0. The Morgan fingerprint density at radius 2 is 1.41 bits per heavy atom. The molecule has 0 aliphatic rings. The molecule has 1 heterocycles. The van der Waals surface area contributed by atoms with Crippen molar-refractivity contribution in [1.82, 2.24) is 14.6 Å². The number of ether oxygens (including phenoxy) is 3. The zero-order valence-corrected chi connectivity index (χ0v) is 24.1. The Morgan fingerprint density at radius 3 is 1.93 bits per heavy atom. The maximum atomic E-state index is 13.8. The van der Waals surface area contributed by atoms with Gasteiger partial charge in [0.25, 0.3) is 5.56 Å². The van der Waals surface area contributed by atoms with Crippen LogP contribution in [0.15, 0.2) is 94.6 Å². The second-order valence-corrected chi connectivity index (χ2v) is 12.1. The van der Waals surface area contributed by atoms with E-state index >= 15 is 0 Å². The van der Waals surface area contributed by atoms with E-state index in [-0.39, 0.29) is 19.4 Å². The molecule has 3 aromatic carbocycles. The second-order valence-electron chi connectivity index (χ2n) is 9.48. The second kappa shape index (κ2) is 13.1. The van der Waals surface area contributed by atoms with E-state index in [4.69, 9.17) is 14.2 Å². The maximum absolute atomic E-state index is 13.8. The van der Waals surface area contributed by atoms with E-state index in [2.05, 4.69) is 10.1 Å². The van der Waals surface area contributed by atoms with Gasteiger partial charge in [0, 0.05) is 24.8 Å². The van der Waals surface area contributed by atoms with E-state index in [9.17, 15) is 19.3 Å². The number of methoxy groups -OCH3 is 2. The molecule has 0 spiro atoms. The highest BCUT2D eigenvalue weighted by atomic mass is 31.2. The summed E-state index contributed by atoms with van der Waals surface area (Å²) < 4.78 is 32.6. The van der Waals surface area contributed by atoms with E-state index in [1.54, 1.807) is 21.1 Å². The molecule has 0 aliphatic carbocycles. The van der Waals surface area contributed by atoms with Crippen molar-refractivity contribution >= 4 is 7.29 Å². The van der Waals surface area contributed by atoms with Gasteiger partial charge in [0.15, 0.2) is 7.29 Å². The Bertz CT molecular complexity index is 1550. The quantitative estimate of drug-likeness (QED) is 0.162. The van der Waals surface area contributed by atoms with Crippen LogP contribution in [0.3, 0.4) is 0 Å². The van der Waals surface area contributed by atoms with E-state index in [0.29, 0.717) is 17.1 Å². The third-order valence-corrected chi connectivity index (χ3v) is 8.64. The molecule has 0 aliphatic heterocycles. The molecule has 1 unspecified atom stereocenters. The smallest absolute Gasteiger partial charge is 0.328 e. The fourth-order valence-electron chi connectivity index (χ4n) is 4.57. The molecular formula is C30H34N3O7P. The van der Waals surface area contributed by atoms with Crippen LogP contribution in [0.2, 0.25) is 0 Å². The van der Waals surface area contributed by atoms with Crippen LogP contribution in [0.4, 0.5) is 0 Å². The Morgan fingerprint density at radius 1 is 0.878 bits per heavy atom. The lowest BCUT2D eigenvalue weighted by Crippen LogP contribution is -2.35. The minimum absolute atomic E-state index is 0.0933. The zero-order valence-electron chi connectivity index (χ0n) is 23.2. The summed E-state index contributed by atoms with van der Waals surface area (Å²) in [6.45, 7) is 1.81. The average Bonchev–Trinajstić information content (AvgIpc) is 3.01. The average molecular weight is 580 g/mol. The van der Waals surface area contributed by atoms with E-state index in [1.807, 2.05) is 78.9 Å². The highest BCUT2D eigenvalue weighted by Gasteiger charge is 2.40. The minimum atomic E-state index is -3.52. The number of hydrogen-bond acceptors (Lipinski definition) is 7. The maximum Gasteiger partial charge on any atom is 0.328 e. The Hall–Kier alpha value is -3.95. The van der Waals surface area contributed by atoms with Gasteiger partial charge in [-0.15, -0.1) is 0 Å². The van der Waals surface area contributed by atoms with Crippen molar-refractivity contribution in [2.45, 2.75) is 19.1 Å². The highest BCUT2D eigenvalue weighted by Crippen LogP contribution is 2.47. The van der Waals surface area contributed by atoms with Gasteiger partial charge in [0.05, 0.1) is 14.2 Å². The van der Waals surface area contributed by atoms with Gasteiger partial charge in [0.1, 0.15) is 29.8 Å². The molecule has 0 bridgehead atoms. The molecular weight excluding hydrogens is 545 g/mol. The van der Waals surface area contributed by atoms with Crippen molar-refractivity contribution in [3.63, 3.8) is 0 Å². The number of aromatic amines is 1. The first-order valence-electron chi connectivity index (χ1n) is 13.0. The molecule has 11 heteroatoms. The van der Waals surface area contributed by atoms with Crippen LogP contribution in [0.1, 0.15) is 22.3 Å². The molecule has 0 saturated heterocycles. The van der Waals surface area contributed by atoms with E-state index in [0.717, 1.165) is 16.7 Å². The van der Waals surface area contributed by atoms with Crippen LogP contribution in [-0.2, 0) is 21.4 Å². The van der Waals surface area contributed by atoms with Crippen molar-refractivity contribution in [1.29, 1.82) is 0 Å². The number of H-pyrrole nitrogens is 1. The largest absolute Gasteiger partial charge is 0.497 e. The van der Waals surface area contributed by atoms with Crippen LogP contribution in [-0.4, -0.2) is 48.1 Å². The third kappa shape index (κ3) is 6.69. The van der Waals surface area contributed by atoms with E-state index in [1.165, 1.54) is 10.8 Å². The topological polar surface area (TPSA) is 132 Å². The number of aliphatic hydroxyl groups excluding tert-OH is 1. The lowest BCUT2D eigenvalue weighted by Gasteiger charge is -2.37. The van der Waals surface area contributed by atoms with Crippen molar-refractivity contribution in [3.05, 3.63) is 128 Å². The van der Waals surface area contributed by atoms with Crippen molar-refractivity contribution in [3.8, 4) is 11.5 Å². The van der Waals surface area contributed by atoms with Crippen LogP contribution >= 0.6 is 7.29 Å². The van der Waals surface area contributed by atoms with E-state index < -0.39 is 30.5 Å². The highest BCUT2D eigenvalue weighted by molar-refractivity contribution is 7.61. The zero-order chi connectivity index (χ0) is 29.5. The van der Waals surface area contributed by atoms with Gasteiger partial charge >= 0.3 is 5.69 Å². The molecule has 0 saturated carbocycles. The molecule has 1 aromatic heterocycles.